The number of carbonyl (C=O) groups is 1. The standard InChI is InChI=1S/C19H22N2O4/c1-4-24-18-10-15(11-20-23)6-8-17(18)25-12-19(22)21-16-7-5-13(2)9-14(16)3/h5-11,23H,4,12H2,1-3H3,(H,21,22)/b20-11+. The van der Waals surface area contributed by atoms with Crippen molar-refractivity contribution >= 4 is 17.8 Å². The lowest BCUT2D eigenvalue weighted by Crippen LogP contribution is -2.21. The molecular weight excluding hydrogens is 320 g/mol. The van der Waals surface area contributed by atoms with E-state index in [0.717, 1.165) is 16.8 Å². The van der Waals surface area contributed by atoms with E-state index >= 15 is 0 Å². The third-order valence-corrected chi connectivity index (χ3v) is 3.49. The highest BCUT2D eigenvalue weighted by Crippen LogP contribution is 2.28. The van der Waals surface area contributed by atoms with Crippen molar-refractivity contribution in [1.29, 1.82) is 0 Å². The molecule has 1 amide bonds. The van der Waals surface area contributed by atoms with E-state index in [1.807, 2.05) is 39.0 Å². The summed E-state index contributed by atoms with van der Waals surface area (Å²) >= 11 is 0. The number of aryl methyl sites for hydroxylation is 2. The maximum Gasteiger partial charge on any atom is 0.262 e. The van der Waals surface area contributed by atoms with Crippen LogP contribution in [-0.4, -0.2) is 30.5 Å². The number of nitrogens with one attached hydrogen (secondary N) is 1. The van der Waals surface area contributed by atoms with E-state index in [0.29, 0.717) is 23.7 Å². The second kappa shape index (κ2) is 8.73. The third kappa shape index (κ3) is 5.24. The van der Waals surface area contributed by atoms with Crippen molar-refractivity contribution < 1.29 is 19.5 Å². The fourth-order valence-electron chi connectivity index (χ4n) is 2.34. The van der Waals surface area contributed by atoms with Gasteiger partial charge in [-0.3, -0.25) is 4.79 Å². The van der Waals surface area contributed by atoms with Crippen LogP contribution in [0.3, 0.4) is 0 Å². The van der Waals surface area contributed by atoms with E-state index in [2.05, 4.69) is 10.5 Å². The van der Waals surface area contributed by atoms with Crippen LogP contribution in [0.5, 0.6) is 11.5 Å². The number of benzene rings is 2. The van der Waals surface area contributed by atoms with Crippen molar-refractivity contribution in [3.63, 3.8) is 0 Å². The number of anilines is 1. The van der Waals surface area contributed by atoms with E-state index in [4.69, 9.17) is 14.7 Å². The van der Waals surface area contributed by atoms with Gasteiger partial charge < -0.3 is 20.0 Å². The zero-order chi connectivity index (χ0) is 18.2. The number of rotatable bonds is 7. The molecule has 2 aromatic rings. The summed E-state index contributed by atoms with van der Waals surface area (Å²) in [6, 6.07) is 10.9. The Hall–Kier alpha value is -3.02. The molecule has 25 heavy (non-hydrogen) atoms. The molecule has 0 atom stereocenters. The normalized spacial score (nSPS) is 10.7. The lowest BCUT2D eigenvalue weighted by atomic mass is 10.1. The average Bonchev–Trinajstić information content (AvgIpc) is 2.57. The molecule has 0 saturated heterocycles. The number of hydrogen-bond donors (Lipinski definition) is 2. The summed E-state index contributed by atoms with van der Waals surface area (Å²) in [5.41, 5.74) is 3.56. The molecule has 0 spiro atoms. The Morgan fingerprint density at radius 3 is 2.64 bits per heavy atom. The molecule has 0 aromatic heterocycles. The second-order valence-corrected chi connectivity index (χ2v) is 5.54. The van der Waals surface area contributed by atoms with Crippen LogP contribution in [0.25, 0.3) is 0 Å². The molecule has 0 aliphatic rings. The molecule has 0 saturated carbocycles. The van der Waals surface area contributed by atoms with Crippen LogP contribution < -0.4 is 14.8 Å². The highest BCUT2D eigenvalue weighted by atomic mass is 16.5. The quantitative estimate of drug-likeness (QED) is 0.458. The summed E-state index contributed by atoms with van der Waals surface area (Å²) in [6.45, 7) is 6.11. The van der Waals surface area contributed by atoms with Gasteiger partial charge in [-0.1, -0.05) is 22.9 Å². The van der Waals surface area contributed by atoms with Gasteiger partial charge in [0.25, 0.3) is 5.91 Å². The van der Waals surface area contributed by atoms with Crippen molar-refractivity contribution in [1.82, 2.24) is 0 Å². The van der Waals surface area contributed by atoms with E-state index in [-0.39, 0.29) is 12.5 Å². The Balaban J connectivity index is 2.03. The molecule has 0 heterocycles. The first-order valence-electron chi connectivity index (χ1n) is 7.97. The van der Waals surface area contributed by atoms with Gasteiger partial charge in [0.15, 0.2) is 18.1 Å². The maximum absolute atomic E-state index is 12.1. The Kier molecular flexibility index (Phi) is 6.39. The van der Waals surface area contributed by atoms with Crippen LogP contribution in [-0.2, 0) is 4.79 Å². The summed E-state index contributed by atoms with van der Waals surface area (Å²) in [5, 5.41) is 14.4. The first-order valence-corrected chi connectivity index (χ1v) is 7.97. The van der Waals surface area contributed by atoms with E-state index in [9.17, 15) is 4.79 Å². The van der Waals surface area contributed by atoms with Crippen molar-refractivity contribution in [2.75, 3.05) is 18.5 Å². The Labute approximate surface area is 147 Å². The van der Waals surface area contributed by atoms with Gasteiger partial charge in [-0.15, -0.1) is 0 Å². The smallest absolute Gasteiger partial charge is 0.262 e. The Morgan fingerprint density at radius 2 is 1.96 bits per heavy atom. The lowest BCUT2D eigenvalue weighted by Gasteiger charge is -2.13. The van der Waals surface area contributed by atoms with Gasteiger partial charge in [0, 0.05) is 11.3 Å². The summed E-state index contributed by atoms with van der Waals surface area (Å²) < 4.78 is 11.1. The fourth-order valence-corrected chi connectivity index (χ4v) is 2.34. The van der Waals surface area contributed by atoms with Gasteiger partial charge >= 0.3 is 0 Å². The first-order chi connectivity index (χ1) is 12.0. The van der Waals surface area contributed by atoms with Gasteiger partial charge in [0.1, 0.15) is 0 Å². The predicted octanol–water partition coefficient (Wildman–Crippen LogP) is 3.53. The first kappa shape index (κ1) is 18.3. The zero-order valence-corrected chi connectivity index (χ0v) is 14.6. The van der Waals surface area contributed by atoms with E-state index in [1.165, 1.54) is 6.21 Å². The van der Waals surface area contributed by atoms with E-state index < -0.39 is 0 Å². The number of hydrogen-bond acceptors (Lipinski definition) is 5. The van der Waals surface area contributed by atoms with Crippen LogP contribution >= 0.6 is 0 Å². The average molecular weight is 342 g/mol. The van der Waals surface area contributed by atoms with Crippen LogP contribution in [0.4, 0.5) is 5.69 Å². The van der Waals surface area contributed by atoms with Crippen molar-refractivity contribution in [3.05, 3.63) is 53.1 Å². The van der Waals surface area contributed by atoms with Gasteiger partial charge in [-0.05, 0) is 50.6 Å². The highest BCUT2D eigenvalue weighted by molar-refractivity contribution is 5.92. The molecule has 132 valence electrons. The molecule has 2 rings (SSSR count). The van der Waals surface area contributed by atoms with Crippen molar-refractivity contribution in [3.8, 4) is 11.5 Å². The third-order valence-electron chi connectivity index (χ3n) is 3.49. The fraction of sp³-hybridized carbons (Fsp3) is 0.263. The molecule has 6 heteroatoms. The molecule has 6 nitrogen and oxygen atoms in total. The minimum Gasteiger partial charge on any atom is -0.490 e. The number of ether oxygens (including phenoxy) is 2. The Bertz CT molecular complexity index is 772. The van der Waals surface area contributed by atoms with Gasteiger partial charge in [0.2, 0.25) is 0 Å². The molecular formula is C19H22N2O4. The summed E-state index contributed by atoms with van der Waals surface area (Å²) in [4.78, 5) is 12.1. The molecule has 0 fully saturated rings. The van der Waals surface area contributed by atoms with Crippen LogP contribution in [0.15, 0.2) is 41.6 Å². The molecule has 2 N–H and O–H groups in total. The lowest BCUT2D eigenvalue weighted by molar-refractivity contribution is -0.118. The molecule has 0 radical (unpaired) electrons. The number of carbonyl (C=O) groups excluding carboxylic acids is 1. The monoisotopic (exact) mass is 342 g/mol. The zero-order valence-electron chi connectivity index (χ0n) is 14.6. The number of amides is 1. The molecule has 0 aliphatic heterocycles. The second-order valence-electron chi connectivity index (χ2n) is 5.54. The molecule has 0 bridgehead atoms. The largest absolute Gasteiger partial charge is 0.490 e. The van der Waals surface area contributed by atoms with Gasteiger partial charge in [-0.25, -0.2) is 0 Å². The summed E-state index contributed by atoms with van der Waals surface area (Å²) in [7, 11) is 0. The van der Waals surface area contributed by atoms with Crippen LogP contribution in [0.2, 0.25) is 0 Å². The maximum atomic E-state index is 12.1. The number of nitrogens with zero attached hydrogens (tertiary/aromatic N) is 1. The minimum atomic E-state index is -0.254. The van der Waals surface area contributed by atoms with Crippen LogP contribution in [0, 0.1) is 13.8 Å². The SMILES string of the molecule is CCOc1cc(/C=N/O)ccc1OCC(=O)Nc1ccc(C)cc1C. The van der Waals surface area contributed by atoms with Crippen molar-refractivity contribution in [2.24, 2.45) is 5.16 Å². The predicted molar refractivity (Wildman–Crippen MR) is 97.0 cm³/mol. The van der Waals surface area contributed by atoms with E-state index in [1.54, 1.807) is 18.2 Å². The number of oxime groups is 1. The Morgan fingerprint density at radius 1 is 1.16 bits per heavy atom. The van der Waals surface area contributed by atoms with Crippen molar-refractivity contribution in [2.45, 2.75) is 20.8 Å². The molecule has 0 unspecified atom stereocenters. The summed E-state index contributed by atoms with van der Waals surface area (Å²) in [6.07, 6.45) is 1.29. The topological polar surface area (TPSA) is 80.2 Å². The summed E-state index contributed by atoms with van der Waals surface area (Å²) in [5.74, 6) is 0.683. The van der Waals surface area contributed by atoms with Crippen LogP contribution in [0.1, 0.15) is 23.6 Å². The molecule has 0 aliphatic carbocycles. The highest BCUT2D eigenvalue weighted by Gasteiger charge is 2.10. The minimum absolute atomic E-state index is 0.138. The van der Waals surface area contributed by atoms with Gasteiger partial charge in [0.05, 0.1) is 12.8 Å². The van der Waals surface area contributed by atoms with Gasteiger partial charge in [-0.2, -0.15) is 0 Å². The molecule has 2 aromatic carbocycles.